The van der Waals surface area contributed by atoms with Crippen LogP contribution in [-0.4, -0.2) is 41.9 Å². The molecule has 0 heterocycles. The average molecular weight is 409 g/mol. The fourth-order valence-electron chi connectivity index (χ4n) is 2.36. The summed E-state index contributed by atoms with van der Waals surface area (Å²) in [5, 5.41) is 3.56. The van der Waals surface area contributed by atoms with Gasteiger partial charge in [-0.3, -0.25) is 4.79 Å². The van der Waals surface area contributed by atoms with Crippen LogP contribution in [0, 0.1) is 0 Å². The van der Waals surface area contributed by atoms with E-state index in [1.54, 1.807) is 0 Å². The van der Waals surface area contributed by atoms with Gasteiger partial charge in [-0.2, -0.15) is 0 Å². The molecule has 0 aliphatic carbocycles. The number of hydrogen-bond donors (Lipinski definition) is 1. The summed E-state index contributed by atoms with van der Waals surface area (Å²) in [7, 11) is 0. The van der Waals surface area contributed by atoms with Gasteiger partial charge in [-0.05, 0) is 63.2 Å². The van der Waals surface area contributed by atoms with Crippen LogP contribution >= 0.6 is 36.6 Å². The minimum Gasteiger partial charge on any atom is -0.385 e. The monoisotopic (exact) mass is 408 g/mol. The van der Waals surface area contributed by atoms with E-state index in [0.717, 1.165) is 49.6 Å². The molecule has 0 saturated carbocycles. The first-order chi connectivity index (χ1) is 11.2. The van der Waals surface area contributed by atoms with Crippen molar-refractivity contribution in [3.8, 4) is 0 Å². The number of nitrogens with one attached hydrogen (secondary N) is 1. The summed E-state index contributed by atoms with van der Waals surface area (Å²) in [5.41, 5.74) is 1.90. The zero-order valence-electron chi connectivity index (χ0n) is 15.8. The van der Waals surface area contributed by atoms with E-state index in [2.05, 4.69) is 31.0 Å². The molecule has 0 unspecified atom stereocenters. The molecule has 3 nitrogen and oxygen atoms in total. The van der Waals surface area contributed by atoms with E-state index in [4.69, 9.17) is 0 Å². The van der Waals surface area contributed by atoms with E-state index in [1.165, 1.54) is 31.0 Å². The van der Waals surface area contributed by atoms with Crippen LogP contribution in [0.4, 0.5) is 5.69 Å². The van der Waals surface area contributed by atoms with Crippen LogP contribution in [0.15, 0.2) is 24.3 Å². The zero-order chi connectivity index (χ0) is 16.9. The van der Waals surface area contributed by atoms with Crippen molar-refractivity contribution in [2.45, 2.75) is 46.5 Å². The number of carbonyl (C=O) groups excluding carboxylic acids is 1. The molecular formula is C19H34Cl2N2OS. The number of nitrogens with zero attached hydrogens (tertiary/aromatic N) is 1. The number of halogens is 2. The first-order valence-corrected chi connectivity index (χ1v) is 9.93. The molecule has 0 bridgehead atoms. The number of anilines is 1. The maximum atomic E-state index is 12.2. The lowest BCUT2D eigenvalue weighted by Crippen LogP contribution is -2.23. The van der Waals surface area contributed by atoms with Gasteiger partial charge >= 0.3 is 0 Å². The zero-order valence-corrected chi connectivity index (χ0v) is 18.2. The third kappa shape index (κ3) is 11.7. The Morgan fingerprint density at radius 2 is 1.64 bits per heavy atom. The molecule has 0 radical (unpaired) electrons. The molecule has 6 heteroatoms. The highest BCUT2D eigenvalue weighted by Gasteiger charge is 2.06. The van der Waals surface area contributed by atoms with E-state index in [1.807, 2.05) is 24.3 Å². The van der Waals surface area contributed by atoms with Crippen molar-refractivity contribution in [1.82, 2.24) is 4.90 Å². The van der Waals surface area contributed by atoms with E-state index in [-0.39, 0.29) is 29.9 Å². The van der Waals surface area contributed by atoms with Gasteiger partial charge < -0.3 is 10.2 Å². The van der Waals surface area contributed by atoms with Crippen LogP contribution < -0.4 is 5.32 Å². The quantitative estimate of drug-likeness (QED) is 0.447. The minimum absolute atomic E-state index is 0. The molecule has 25 heavy (non-hydrogen) atoms. The molecule has 0 aliphatic heterocycles. The summed E-state index contributed by atoms with van der Waals surface area (Å²) < 4.78 is 0. The summed E-state index contributed by atoms with van der Waals surface area (Å²) in [6.45, 7) is 10.9. The summed E-state index contributed by atoms with van der Waals surface area (Å²) in [5.74, 6) is 0.913. The Hall–Kier alpha value is -0.420. The van der Waals surface area contributed by atoms with E-state index < -0.39 is 0 Å². The Balaban J connectivity index is 0. The second-order valence-electron chi connectivity index (χ2n) is 5.73. The number of thioether (sulfide) groups is 1. The molecule has 1 rings (SSSR count). The molecule has 146 valence electrons. The molecule has 0 fully saturated rings. The lowest BCUT2D eigenvalue weighted by Gasteiger charge is -2.17. The first kappa shape index (κ1) is 26.8. The van der Waals surface area contributed by atoms with Gasteiger partial charge in [-0.25, -0.2) is 0 Å². The first-order valence-electron chi connectivity index (χ1n) is 8.94. The Morgan fingerprint density at radius 1 is 1.00 bits per heavy atom. The highest BCUT2D eigenvalue weighted by atomic mass is 35.5. The fraction of sp³-hybridized carbons (Fsp3) is 0.632. The number of rotatable bonds is 12. The topological polar surface area (TPSA) is 32.3 Å². The largest absolute Gasteiger partial charge is 0.385 e. The normalized spacial score (nSPS) is 10.1. The predicted octanol–water partition coefficient (Wildman–Crippen LogP) is 5.74. The van der Waals surface area contributed by atoms with Crippen molar-refractivity contribution in [3.05, 3.63) is 29.8 Å². The summed E-state index contributed by atoms with van der Waals surface area (Å²) in [6, 6.07) is 7.87. The number of hydrogen-bond acceptors (Lipinski definition) is 4. The lowest BCUT2D eigenvalue weighted by molar-refractivity contribution is 0.108. The fourth-order valence-corrected chi connectivity index (χ4v) is 3.20. The van der Waals surface area contributed by atoms with Gasteiger partial charge in [0, 0.05) is 23.5 Å². The number of carbonyl (C=O) groups is 1. The van der Waals surface area contributed by atoms with Gasteiger partial charge in [0.15, 0.2) is 0 Å². The SMILES string of the molecule is CCCCNc1ccc(C(=O)SCCCCN(CC)CC)cc1.Cl.Cl. The molecule has 0 amide bonds. The smallest absolute Gasteiger partial charge is 0.219 e. The predicted molar refractivity (Wildman–Crippen MR) is 118 cm³/mol. The van der Waals surface area contributed by atoms with Crippen molar-refractivity contribution >= 4 is 47.4 Å². The lowest BCUT2D eigenvalue weighted by atomic mass is 10.2. The van der Waals surface area contributed by atoms with Crippen LogP contribution in [0.5, 0.6) is 0 Å². The van der Waals surface area contributed by atoms with Gasteiger partial charge in [0.05, 0.1) is 0 Å². The molecule has 0 aliphatic rings. The third-order valence-electron chi connectivity index (χ3n) is 3.98. The maximum Gasteiger partial charge on any atom is 0.219 e. The second-order valence-corrected chi connectivity index (χ2v) is 6.80. The average Bonchev–Trinajstić information content (AvgIpc) is 2.59. The molecule has 1 N–H and O–H groups in total. The van der Waals surface area contributed by atoms with Gasteiger partial charge in [0.25, 0.3) is 0 Å². The summed E-state index contributed by atoms with van der Waals surface area (Å²) >= 11 is 1.45. The van der Waals surface area contributed by atoms with E-state index >= 15 is 0 Å². The molecule has 0 spiro atoms. The summed E-state index contributed by atoms with van der Waals surface area (Å²) in [6.07, 6.45) is 4.63. The Bertz CT molecular complexity index is 440. The molecule has 0 atom stereocenters. The van der Waals surface area contributed by atoms with Crippen molar-refractivity contribution in [3.63, 3.8) is 0 Å². The molecule has 1 aromatic carbocycles. The van der Waals surface area contributed by atoms with Crippen LogP contribution in [0.25, 0.3) is 0 Å². The van der Waals surface area contributed by atoms with Crippen molar-refractivity contribution in [2.75, 3.05) is 37.2 Å². The van der Waals surface area contributed by atoms with Crippen LogP contribution in [0.2, 0.25) is 0 Å². The van der Waals surface area contributed by atoms with Gasteiger partial charge in [-0.1, -0.05) is 39.0 Å². The maximum absolute atomic E-state index is 12.2. The van der Waals surface area contributed by atoms with Crippen molar-refractivity contribution in [2.24, 2.45) is 0 Å². The molecule has 1 aromatic rings. The Labute approximate surface area is 170 Å². The molecule has 0 saturated heterocycles. The van der Waals surface area contributed by atoms with Gasteiger partial charge in [0.1, 0.15) is 0 Å². The summed E-state index contributed by atoms with van der Waals surface area (Å²) in [4.78, 5) is 14.6. The number of benzene rings is 1. The van der Waals surface area contributed by atoms with Crippen molar-refractivity contribution in [1.29, 1.82) is 0 Å². The highest BCUT2D eigenvalue weighted by Crippen LogP contribution is 2.17. The van der Waals surface area contributed by atoms with E-state index in [0.29, 0.717) is 0 Å². The molecule has 0 aromatic heterocycles. The van der Waals surface area contributed by atoms with E-state index in [9.17, 15) is 4.79 Å². The minimum atomic E-state index is 0. The standard InChI is InChI=1S/C19H32N2OS.2ClH/c1-4-7-14-20-18-12-10-17(11-13-18)19(22)23-16-9-8-15-21(5-2)6-3;;/h10-13,20H,4-9,14-16H2,1-3H3;2*1H. The van der Waals surface area contributed by atoms with Crippen LogP contribution in [0.3, 0.4) is 0 Å². The second kappa shape index (κ2) is 17.0. The van der Waals surface area contributed by atoms with Crippen molar-refractivity contribution < 1.29 is 4.79 Å². The number of unbranched alkanes of at least 4 members (excludes halogenated alkanes) is 2. The van der Waals surface area contributed by atoms with Gasteiger partial charge in [-0.15, -0.1) is 24.8 Å². The van der Waals surface area contributed by atoms with Crippen LogP contribution in [-0.2, 0) is 0 Å². The Morgan fingerprint density at radius 3 is 2.20 bits per heavy atom. The highest BCUT2D eigenvalue weighted by molar-refractivity contribution is 8.14. The van der Waals surface area contributed by atoms with Crippen LogP contribution in [0.1, 0.15) is 56.8 Å². The third-order valence-corrected chi connectivity index (χ3v) is 4.97. The molecular weight excluding hydrogens is 375 g/mol. The van der Waals surface area contributed by atoms with Gasteiger partial charge in [0.2, 0.25) is 5.12 Å². The Kier molecular flexibility index (Phi) is 18.2.